The normalized spacial score (nSPS) is 12.0. The van der Waals surface area contributed by atoms with Crippen molar-refractivity contribution in [1.29, 1.82) is 0 Å². The third-order valence-electron chi connectivity index (χ3n) is 3.00. The van der Waals surface area contributed by atoms with Crippen molar-refractivity contribution in [2.75, 3.05) is 0 Å². The molecule has 0 aliphatic heterocycles. The molecule has 3 aromatic rings. The minimum Gasteiger partial charge on any atom is -0.351 e. The van der Waals surface area contributed by atoms with Gasteiger partial charge in [0.2, 0.25) is 5.76 Å². The summed E-state index contributed by atoms with van der Waals surface area (Å²) in [7, 11) is 0. The topological polar surface area (TPSA) is 60.4 Å². The molecule has 0 saturated heterocycles. The Morgan fingerprint density at radius 2 is 2.38 bits per heavy atom. The van der Waals surface area contributed by atoms with E-state index in [-0.39, 0.29) is 5.76 Å². The fraction of sp³-hybridized carbons (Fsp3) is 0.133. The number of amides is 1. The average molecular weight is 299 g/mol. The molecule has 5 nitrogen and oxygen atoms in total. The number of rotatable bonds is 3. The van der Waals surface area contributed by atoms with Crippen LogP contribution in [0.5, 0.6) is 0 Å². The van der Waals surface area contributed by atoms with Crippen molar-refractivity contribution in [2.45, 2.75) is 13.5 Å². The van der Waals surface area contributed by atoms with E-state index in [1.807, 2.05) is 23.6 Å². The van der Waals surface area contributed by atoms with Gasteiger partial charge in [-0.1, -0.05) is 28.6 Å². The number of aromatic nitrogens is 2. The Hall–Kier alpha value is -2.47. The summed E-state index contributed by atoms with van der Waals surface area (Å²) < 4.78 is 7.89. The molecule has 0 atom stereocenters. The van der Waals surface area contributed by atoms with E-state index in [4.69, 9.17) is 4.52 Å². The number of aryl methyl sites for hydroxylation is 1. The largest absolute Gasteiger partial charge is 0.351 e. The van der Waals surface area contributed by atoms with Gasteiger partial charge < -0.3 is 9.09 Å². The van der Waals surface area contributed by atoms with Crippen molar-refractivity contribution in [3.8, 4) is 0 Å². The molecule has 0 bridgehead atoms. The Balaban J connectivity index is 2.19. The molecule has 0 aliphatic rings. The van der Waals surface area contributed by atoms with Gasteiger partial charge in [0.25, 0.3) is 0 Å². The van der Waals surface area contributed by atoms with E-state index in [0.29, 0.717) is 11.3 Å². The number of carbonyl (C=O) groups excluding carboxylic acids is 1. The molecule has 3 rings (SSSR count). The van der Waals surface area contributed by atoms with E-state index >= 15 is 0 Å². The van der Waals surface area contributed by atoms with Gasteiger partial charge in [0, 0.05) is 12.6 Å². The summed E-state index contributed by atoms with van der Waals surface area (Å²) >= 11 is 1.47. The number of fused-ring (bicyclic) bond motifs is 1. The van der Waals surface area contributed by atoms with Gasteiger partial charge in [-0.3, -0.25) is 4.79 Å². The molecule has 2 aromatic heterocycles. The first-order valence-corrected chi connectivity index (χ1v) is 7.21. The number of nitrogens with zero attached hydrogens (tertiary/aromatic N) is 3. The maximum atomic E-state index is 12.0. The summed E-state index contributed by atoms with van der Waals surface area (Å²) in [6, 6.07) is 7.65. The van der Waals surface area contributed by atoms with E-state index in [9.17, 15) is 4.79 Å². The third kappa shape index (κ3) is 2.57. The molecular weight excluding hydrogens is 286 g/mol. The van der Waals surface area contributed by atoms with Gasteiger partial charge in [-0.2, -0.15) is 4.99 Å². The molecule has 0 saturated carbocycles. The molecule has 1 aromatic carbocycles. The molecule has 0 spiro atoms. The highest BCUT2D eigenvalue weighted by atomic mass is 32.1. The van der Waals surface area contributed by atoms with Gasteiger partial charge in [0.15, 0.2) is 4.80 Å². The van der Waals surface area contributed by atoms with Gasteiger partial charge in [-0.15, -0.1) is 6.58 Å². The predicted octanol–water partition coefficient (Wildman–Crippen LogP) is 2.93. The first-order chi connectivity index (χ1) is 10.2. The lowest BCUT2D eigenvalue weighted by Crippen LogP contribution is -2.16. The highest BCUT2D eigenvalue weighted by molar-refractivity contribution is 7.16. The number of thiazole rings is 1. The number of hydrogen-bond acceptors (Lipinski definition) is 4. The lowest BCUT2D eigenvalue weighted by atomic mass is 10.2. The molecular formula is C15H13N3O2S. The van der Waals surface area contributed by atoms with Gasteiger partial charge >= 0.3 is 5.91 Å². The van der Waals surface area contributed by atoms with Crippen molar-refractivity contribution in [2.24, 2.45) is 4.99 Å². The van der Waals surface area contributed by atoms with Crippen LogP contribution in [0, 0.1) is 6.92 Å². The molecule has 0 N–H and O–H groups in total. The summed E-state index contributed by atoms with van der Waals surface area (Å²) in [5.41, 5.74) is 2.21. The van der Waals surface area contributed by atoms with Gasteiger partial charge in [-0.25, -0.2) is 0 Å². The SMILES string of the molecule is C=CCn1c(=NC(=O)c2ccno2)sc2cc(C)ccc21. The van der Waals surface area contributed by atoms with Crippen LogP contribution in [0.25, 0.3) is 10.2 Å². The second-order valence-corrected chi connectivity index (χ2v) is 5.56. The zero-order valence-electron chi connectivity index (χ0n) is 11.4. The maximum absolute atomic E-state index is 12.0. The summed E-state index contributed by atoms with van der Waals surface area (Å²) in [5.74, 6) is -0.303. The first-order valence-electron chi connectivity index (χ1n) is 6.39. The van der Waals surface area contributed by atoms with Gasteiger partial charge in [0.05, 0.1) is 16.4 Å². The van der Waals surface area contributed by atoms with Gasteiger partial charge in [0.1, 0.15) is 0 Å². The molecule has 1 amide bonds. The quantitative estimate of drug-likeness (QED) is 0.699. The van der Waals surface area contributed by atoms with Crippen LogP contribution in [0.4, 0.5) is 0 Å². The van der Waals surface area contributed by atoms with Crippen LogP contribution in [0.2, 0.25) is 0 Å². The molecule has 2 heterocycles. The van der Waals surface area contributed by atoms with Crippen LogP contribution in [0.3, 0.4) is 0 Å². The van der Waals surface area contributed by atoms with Crippen LogP contribution in [-0.4, -0.2) is 15.6 Å². The summed E-state index contributed by atoms with van der Waals surface area (Å²) in [6.45, 7) is 6.38. The van der Waals surface area contributed by atoms with Crippen LogP contribution in [-0.2, 0) is 6.54 Å². The van der Waals surface area contributed by atoms with Crippen LogP contribution >= 0.6 is 11.3 Å². The smallest absolute Gasteiger partial charge is 0.318 e. The van der Waals surface area contributed by atoms with Crippen molar-refractivity contribution in [3.63, 3.8) is 0 Å². The highest BCUT2D eigenvalue weighted by Gasteiger charge is 2.11. The lowest BCUT2D eigenvalue weighted by Gasteiger charge is -2.00. The van der Waals surface area contributed by atoms with Crippen LogP contribution in [0.15, 0.2) is 52.6 Å². The molecule has 106 valence electrons. The maximum Gasteiger partial charge on any atom is 0.318 e. The lowest BCUT2D eigenvalue weighted by molar-refractivity contribution is 0.0962. The standard InChI is InChI=1S/C15H13N3O2S/c1-3-8-18-11-5-4-10(2)9-13(11)21-15(18)17-14(19)12-6-7-16-20-12/h3-7,9H,1,8H2,2H3. The van der Waals surface area contributed by atoms with E-state index in [1.165, 1.54) is 29.2 Å². The monoisotopic (exact) mass is 299 g/mol. The molecule has 21 heavy (non-hydrogen) atoms. The summed E-state index contributed by atoms with van der Waals surface area (Å²) in [5, 5.41) is 3.52. The zero-order valence-corrected chi connectivity index (χ0v) is 12.3. The highest BCUT2D eigenvalue weighted by Crippen LogP contribution is 2.19. The van der Waals surface area contributed by atoms with E-state index < -0.39 is 5.91 Å². The molecule has 0 fully saturated rings. The van der Waals surface area contributed by atoms with E-state index in [1.54, 1.807) is 6.08 Å². The fourth-order valence-electron chi connectivity index (χ4n) is 2.04. The Morgan fingerprint density at radius 1 is 1.52 bits per heavy atom. The van der Waals surface area contributed by atoms with Crippen LogP contribution < -0.4 is 4.80 Å². The van der Waals surface area contributed by atoms with Crippen molar-refractivity contribution in [1.82, 2.24) is 9.72 Å². The van der Waals surface area contributed by atoms with Crippen molar-refractivity contribution < 1.29 is 9.32 Å². The number of carbonyl (C=O) groups is 1. The fourth-order valence-corrected chi connectivity index (χ4v) is 3.18. The molecule has 0 unspecified atom stereocenters. The molecule has 6 heteroatoms. The number of hydrogen-bond donors (Lipinski definition) is 0. The Morgan fingerprint density at radius 3 is 3.10 bits per heavy atom. The minimum atomic E-state index is -0.436. The summed E-state index contributed by atoms with van der Waals surface area (Å²) in [4.78, 5) is 16.8. The second kappa shape index (κ2) is 5.49. The van der Waals surface area contributed by atoms with Crippen molar-refractivity contribution >= 4 is 27.5 Å². The minimum absolute atomic E-state index is 0.133. The Kier molecular flexibility index (Phi) is 3.53. The Labute approximate surface area is 124 Å². The third-order valence-corrected chi connectivity index (χ3v) is 4.04. The summed E-state index contributed by atoms with van der Waals surface area (Å²) in [6.07, 6.45) is 3.21. The van der Waals surface area contributed by atoms with Crippen molar-refractivity contribution in [3.05, 3.63) is 59.2 Å². The Bertz CT molecular complexity index is 872. The zero-order chi connectivity index (χ0) is 14.8. The predicted molar refractivity (Wildman–Crippen MR) is 81.1 cm³/mol. The van der Waals surface area contributed by atoms with E-state index in [0.717, 1.165) is 10.2 Å². The molecule has 0 radical (unpaired) electrons. The first kappa shape index (κ1) is 13.5. The second-order valence-electron chi connectivity index (χ2n) is 4.55. The van der Waals surface area contributed by atoms with E-state index in [2.05, 4.69) is 22.8 Å². The average Bonchev–Trinajstić information content (AvgIpc) is 3.08. The van der Waals surface area contributed by atoms with Gasteiger partial charge in [-0.05, 0) is 24.6 Å². The molecule has 0 aliphatic carbocycles. The number of benzene rings is 1. The number of allylic oxidation sites excluding steroid dienone is 1. The van der Waals surface area contributed by atoms with Crippen LogP contribution in [0.1, 0.15) is 16.1 Å².